The van der Waals surface area contributed by atoms with E-state index in [1.54, 1.807) is 36.5 Å². The van der Waals surface area contributed by atoms with Gasteiger partial charge in [0.15, 0.2) is 0 Å². The van der Waals surface area contributed by atoms with Gasteiger partial charge in [-0.05, 0) is 36.2 Å². The first-order valence-electron chi connectivity index (χ1n) is 9.15. The monoisotopic (exact) mass is 387 g/mol. The number of hydrogen-bond donors (Lipinski definition) is 0. The largest absolute Gasteiger partial charge is 0.342 e. The van der Waals surface area contributed by atoms with E-state index < -0.39 is 9.84 Å². The van der Waals surface area contributed by atoms with Crippen LogP contribution in [0.15, 0.2) is 107 Å². The molecule has 0 aliphatic rings. The maximum atomic E-state index is 13.1. The Labute approximate surface area is 165 Å². The van der Waals surface area contributed by atoms with Gasteiger partial charge in [0.25, 0.3) is 0 Å². The number of nitrogens with zero attached hydrogens (tertiary/aromatic N) is 1. The van der Waals surface area contributed by atoms with Crippen molar-refractivity contribution in [3.63, 3.8) is 0 Å². The summed E-state index contributed by atoms with van der Waals surface area (Å²) in [6, 6.07) is 28.6. The quantitative estimate of drug-likeness (QED) is 0.463. The second-order valence-corrected chi connectivity index (χ2v) is 8.81. The lowest BCUT2D eigenvalue weighted by Crippen LogP contribution is -2.02. The third-order valence-corrected chi connectivity index (χ3v) is 6.51. The molecule has 28 heavy (non-hydrogen) atoms. The van der Waals surface area contributed by atoms with Crippen molar-refractivity contribution in [3.8, 4) is 11.3 Å². The van der Waals surface area contributed by atoms with Gasteiger partial charge >= 0.3 is 0 Å². The Bertz CT molecular complexity index is 1180. The van der Waals surface area contributed by atoms with Crippen LogP contribution in [0.1, 0.15) is 11.1 Å². The Morgan fingerprint density at radius 3 is 2.00 bits per heavy atom. The van der Waals surface area contributed by atoms with Crippen LogP contribution in [-0.2, 0) is 16.4 Å². The minimum absolute atomic E-state index is 0.308. The van der Waals surface area contributed by atoms with Crippen LogP contribution in [0.2, 0.25) is 0 Å². The number of benzene rings is 3. The first-order chi connectivity index (χ1) is 13.5. The van der Waals surface area contributed by atoms with Gasteiger partial charge in [0.1, 0.15) is 0 Å². The number of aromatic nitrogens is 1. The summed E-state index contributed by atoms with van der Waals surface area (Å²) in [7, 11) is -3.57. The van der Waals surface area contributed by atoms with Crippen LogP contribution >= 0.6 is 0 Å². The second kappa shape index (κ2) is 7.49. The van der Waals surface area contributed by atoms with Crippen molar-refractivity contribution in [2.24, 2.45) is 0 Å². The van der Waals surface area contributed by atoms with Crippen molar-refractivity contribution in [1.82, 2.24) is 4.57 Å². The van der Waals surface area contributed by atoms with E-state index in [-0.39, 0.29) is 0 Å². The Balaban J connectivity index is 1.83. The normalized spacial score (nSPS) is 11.5. The van der Waals surface area contributed by atoms with Gasteiger partial charge in [-0.3, -0.25) is 0 Å². The zero-order valence-electron chi connectivity index (χ0n) is 15.6. The highest BCUT2D eigenvalue weighted by Gasteiger charge is 2.21. The Morgan fingerprint density at radius 1 is 0.750 bits per heavy atom. The van der Waals surface area contributed by atoms with Crippen LogP contribution < -0.4 is 0 Å². The number of sulfone groups is 1. The van der Waals surface area contributed by atoms with Crippen molar-refractivity contribution < 1.29 is 8.42 Å². The van der Waals surface area contributed by atoms with Crippen molar-refractivity contribution >= 4 is 9.84 Å². The van der Waals surface area contributed by atoms with E-state index in [2.05, 4.69) is 0 Å². The first-order valence-corrected chi connectivity index (χ1v) is 10.6. The van der Waals surface area contributed by atoms with Gasteiger partial charge in [0.2, 0.25) is 9.84 Å². The molecule has 140 valence electrons. The summed E-state index contributed by atoms with van der Waals surface area (Å²) in [6.07, 6.45) is 1.74. The standard InChI is InChI=1S/C24H21NO2S/c1-19-12-14-21(15-13-19)24-16-23(28(26,27)22-10-6-3-7-11-22)18-25(24)17-20-8-4-2-5-9-20/h2-16,18H,17H2,1H3. The zero-order chi connectivity index (χ0) is 19.6. The van der Waals surface area contributed by atoms with E-state index in [1.807, 2.05) is 72.2 Å². The predicted molar refractivity (Wildman–Crippen MR) is 112 cm³/mol. The van der Waals surface area contributed by atoms with Crippen LogP contribution in [0.3, 0.4) is 0 Å². The highest BCUT2D eigenvalue weighted by molar-refractivity contribution is 7.91. The van der Waals surface area contributed by atoms with Gasteiger partial charge in [0, 0.05) is 18.4 Å². The van der Waals surface area contributed by atoms with E-state index in [0.29, 0.717) is 16.3 Å². The molecule has 0 saturated heterocycles. The van der Waals surface area contributed by atoms with E-state index in [0.717, 1.165) is 16.8 Å². The topological polar surface area (TPSA) is 39.1 Å². The first kappa shape index (κ1) is 18.3. The lowest BCUT2D eigenvalue weighted by molar-refractivity contribution is 0.595. The highest BCUT2D eigenvalue weighted by atomic mass is 32.2. The summed E-state index contributed by atoms with van der Waals surface area (Å²) in [5.74, 6) is 0. The van der Waals surface area contributed by atoms with Gasteiger partial charge in [-0.1, -0.05) is 78.4 Å². The minimum Gasteiger partial charge on any atom is -0.342 e. The average molecular weight is 388 g/mol. The molecule has 4 aromatic rings. The van der Waals surface area contributed by atoms with E-state index in [4.69, 9.17) is 0 Å². The molecule has 0 unspecified atom stereocenters. The second-order valence-electron chi connectivity index (χ2n) is 6.86. The fraction of sp³-hybridized carbons (Fsp3) is 0.0833. The maximum Gasteiger partial charge on any atom is 0.208 e. The predicted octanol–water partition coefficient (Wildman–Crippen LogP) is 5.34. The fourth-order valence-electron chi connectivity index (χ4n) is 3.25. The molecule has 0 N–H and O–H groups in total. The molecule has 0 amide bonds. The number of rotatable bonds is 5. The zero-order valence-corrected chi connectivity index (χ0v) is 16.4. The summed E-state index contributed by atoms with van der Waals surface area (Å²) < 4.78 is 28.3. The maximum absolute atomic E-state index is 13.1. The SMILES string of the molecule is Cc1ccc(-c2cc(S(=O)(=O)c3ccccc3)cn2Cc2ccccc2)cc1. The summed E-state index contributed by atoms with van der Waals surface area (Å²) in [6.45, 7) is 2.65. The molecule has 0 saturated carbocycles. The molecule has 1 heterocycles. The molecule has 0 fully saturated rings. The fourth-order valence-corrected chi connectivity index (χ4v) is 4.57. The van der Waals surface area contributed by atoms with Crippen LogP contribution in [0.4, 0.5) is 0 Å². The molecule has 0 radical (unpaired) electrons. The van der Waals surface area contributed by atoms with Gasteiger partial charge in [-0.25, -0.2) is 8.42 Å². The molecular formula is C24H21NO2S. The van der Waals surface area contributed by atoms with Crippen molar-refractivity contribution in [2.75, 3.05) is 0 Å². The molecular weight excluding hydrogens is 366 g/mol. The molecule has 3 aromatic carbocycles. The third-order valence-electron chi connectivity index (χ3n) is 4.78. The lowest BCUT2D eigenvalue weighted by atomic mass is 10.1. The van der Waals surface area contributed by atoms with Crippen molar-refractivity contribution in [3.05, 3.63) is 108 Å². The number of hydrogen-bond acceptors (Lipinski definition) is 2. The van der Waals surface area contributed by atoms with Gasteiger partial charge < -0.3 is 4.57 Å². The van der Waals surface area contributed by atoms with Crippen LogP contribution in [-0.4, -0.2) is 13.0 Å². The Hall–Kier alpha value is -3.11. The summed E-state index contributed by atoms with van der Waals surface area (Å²) in [5.41, 5.74) is 4.17. The summed E-state index contributed by atoms with van der Waals surface area (Å²) >= 11 is 0. The molecule has 0 spiro atoms. The van der Waals surface area contributed by atoms with E-state index in [9.17, 15) is 8.42 Å². The van der Waals surface area contributed by atoms with Crippen molar-refractivity contribution in [2.45, 2.75) is 23.3 Å². The van der Waals surface area contributed by atoms with Gasteiger partial charge in [-0.2, -0.15) is 0 Å². The molecule has 1 aromatic heterocycles. The summed E-state index contributed by atoms with van der Waals surface area (Å²) in [5, 5.41) is 0. The number of aryl methyl sites for hydroxylation is 1. The molecule has 0 atom stereocenters. The molecule has 0 aliphatic carbocycles. The van der Waals surface area contributed by atoms with E-state index >= 15 is 0 Å². The third kappa shape index (κ3) is 3.64. The molecule has 0 aliphatic heterocycles. The van der Waals surface area contributed by atoms with Crippen molar-refractivity contribution in [1.29, 1.82) is 0 Å². The lowest BCUT2D eigenvalue weighted by Gasteiger charge is -2.09. The molecule has 3 nitrogen and oxygen atoms in total. The Morgan fingerprint density at radius 2 is 1.36 bits per heavy atom. The molecule has 4 heteroatoms. The average Bonchev–Trinajstić information content (AvgIpc) is 3.14. The van der Waals surface area contributed by atoms with Crippen LogP contribution in [0.5, 0.6) is 0 Å². The van der Waals surface area contributed by atoms with Crippen LogP contribution in [0, 0.1) is 6.92 Å². The molecule has 4 rings (SSSR count). The highest BCUT2D eigenvalue weighted by Crippen LogP contribution is 2.29. The van der Waals surface area contributed by atoms with Crippen LogP contribution in [0.25, 0.3) is 11.3 Å². The van der Waals surface area contributed by atoms with Gasteiger partial charge in [0.05, 0.1) is 9.79 Å². The minimum atomic E-state index is -3.57. The van der Waals surface area contributed by atoms with E-state index in [1.165, 1.54) is 5.56 Å². The summed E-state index contributed by atoms with van der Waals surface area (Å²) in [4.78, 5) is 0.618. The van der Waals surface area contributed by atoms with Gasteiger partial charge in [-0.15, -0.1) is 0 Å². The molecule has 0 bridgehead atoms. The Kier molecular flexibility index (Phi) is 4.88. The smallest absolute Gasteiger partial charge is 0.208 e.